The Labute approximate surface area is 78.6 Å². The van der Waals surface area contributed by atoms with Crippen LogP contribution in [0.2, 0.25) is 0 Å². The zero-order valence-corrected chi connectivity index (χ0v) is 9.03. The molecule has 5 nitrogen and oxygen atoms in total. The second-order valence-electron chi connectivity index (χ2n) is 2.11. The molecule has 0 aromatic rings. The zero-order valence-electron chi connectivity index (χ0n) is 8.03. The summed E-state index contributed by atoms with van der Waals surface area (Å²) in [6.45, 7) is 4.63. The Balaban J connectivity index is 3.95. The second-order valence-corrected chi connectivity index (χ2v) is 4.83. The fourth-order valence-electron chi connectivity index (χ4n) is 0.621. The summed E-state index contributed by atoms with van der Waals surface area (Å²) < 4.78 is 19.7. The van der Waals surface area contributed by atoms with Gasteiger partial charge in [-0.15, -0.1) is 0 Å². The van der Waals surface area contributed by atoms with Crippen LogP contribution in [0.15, 0.2) is 12.3 Å². The van der Waals surface area contributed by atoms with Crippen LogP contribution in [0.25, 0.3) is 0 Å². The van der Waals surface area contributed by atoms with Gasteiger partial charge in [0.25, 0.3) is 0 Å². The van der Waals surface area contributed by atoms with E-state index in [0.717, 1.165) is 0 Å². The van der Waals surface area contributed by atoms with E-state index in [1.807, 2.05) is 0 Å². The zero-order chi connectivity index (χ0) is 10.3. The van der Waals surface area contributed by atoms with Gasteiger partial charge in [0, 0.05) is 21.1 Å². The van der Waals surface area contributed by atoms with Crippen molar-refractivity contribution < 1.29 is 22.8 Å². The van der Waals surface area contributed by atoms with Gasteiger partial charge < -0.3 is 18.0 Å². The van der Waals surface area contributed by atoms with Crippen molar-refractivity contribution in [3.05, 3.63) is 12.3 Å². The summed E-state index contributed by atoms with van der Waals surface area (Å²) in [6, 6.07) is 0. The highest BCUT2D eigenvalue weighted by Crippen LogP contribution is 2.07. The average Bonchev–Trinajstić information content (AvgIpc) is 2.13. The van der Waals surface area contributed by atoms with E-state index in [-0.39, 0.29) is 6.79 Å². The third-order valence-corrected chi connectivity index (χ3v) is 3.50. The van der Waals surface area contributed by atoms with Crippen molar-refractivity contribution >= 4 is 14.8 Å². The maximum absolute atomic E-state index is 10.4. The summed E-state index contributed by atoms with van der Waals surface area (Å²) >= 11 is 0. The van der Waals surface area contributed by atoms with Gasteiger partial charge in [0.2, 0.25) is 0 Å². The van der Waals surface area contributed by atoms with Crippen LogP contribution in [0.4, 0.5) is 0 Å². The molecule has 6 heteroatoms. The van der Waals surface area contributed by atoms with E-state index < -0.39 is 14.8 Å². The minimum atomic E-state index is -2.80. The molecule has 0 saturated carbocycles. The van der Waals surface area contributed by atoms with Crippen molar-refractivity contribution in [2.24, 2.45) is 0 Å². The highest BCUT2D eigenvalue weighted by molar-refractivity contribution is 6.66. The van der Waals surface area contributed by atoms with Crippen LogP contribution in [-0.2, 0) is 22.8 Å². The van der Waals surface area contributed by atoms with Gasteiger partial charge in [-0.1, -0.05) is 6.58 Å². The maximum atomic E-state index is 10.4. The van der Waals surface area contributed by atoms with Gasteiger partial charge in [0.05, 0.1) is 0 Å². The fourth-order valence-corrected chi connectivity index (χ4v) is 1.70. The van der Waals surface area contributed by atoms with Crippen molar-refractivity contribution in [3.8, 4) is 0 Å². The van der Waals surface area contributed by atoms with Crippen molar-refractivity contribution in [2.75, 3.05) is 21.0 Å². The van der Waals surface area contributed by atoms with E-state index in [2.05, 4.69) is 11.3 Å². The molecule has 0 aliphatic carbocycles. The molecule has 0 rings (SSSR count). The van der Waals surface area contributed by atoms with Crippen LogP contribution in [0.5, 0.6) is 0 Å². The Hall–Kier alpha value is -0.693. The highest BCUT2D eigenvalue weighted by atomic mass is 28.4. The van der Waals surface area contributed by atoms with E-state index in [0.29, 0.717) is 0 Å². The van der Waals surface area contributed by atoms with E-state index in [1.54, 1.807) is 0 Å². The first-order valence-electron chi connectivity index (χ1n) is 3.61. The summed E-state index contributed by atoms with van der Waals surface area (Å²) in [5.41, 5.74) is 1.45. The molecule has 76 valence electrons. The molecule has 0 aliphatic heterocycles. The summed E-state index contributed by atoms with van der Waals surface area (Å²) in [6.07, 6.45) is 0. The number of hydrogen-bond acceptors (Lipinski definition) is 5. The smallest absolute Gasteiger partial charge is 0.440 e. The van der Waals surface area contributed by atoms with E-state index >= 15 is 0 Å². The predicted octanol–water partition coefficient (Wildman–Crippen LogP) is 0.480. The number of hydrogen-bond donors (Lipinski definition) is 0. The predicted molar refractivity (Wildman–Crippen MR) is 47.7 cm³/mol. The first-order valence-corrected chi connectivity index (χ1v) is 5.41. The van der Waals surface area contributed by atoms with Crippen LogP contribution in [0.1, 0.15) is 6.92 Å². The van der Waals surface area contributed by atoms with Crippen LogP contribution in [0.3, 0.4) is 0 Å². The first kappa shape index (κ1) is 12.3. The van der Waals surface area contributed by atoms with E-state index in [1.165, 1.54) is 26.8 Å². The molecule has 0 unspecified atom stereocenters. The topological polar surface area (TPSA) is 54.0 Å². The summed E-state index contributed by atoms with van der Waals surface area (Å²) in [4.78, 5) is 10.4. The number of esters is 1. The average molecular weight is 206 g/mol. The standard InChI is InChI=1S/C7H14O5Si/c1-5-13(9-3,10-4)12-6-11-7(2)8/h5H,1,6H2,2-4H3. The lowest BCUT2D eigenvalue weighted by Crippen LogP contribution is -2.42. The van der Waals surface area contributed by atoms with Gasteiger partial charge >= 0.3 is 14.8 Å². The summed E-state index contributed by atoms with van der Waals surface area (Å²) in [5, 5.41) is 0. The molecule has 0 saturated heterocycles. The monoisotopic (exact) mass is 206 g/mol. The van der Waals surface area contributed by atoms with E-state index in [9.17, 15) is 4.79 Å². The lowest BCUT2D eigenvalue weighted by molar-refractivity contribution is -0.149. The highest BCUT2D eigenvalue weighted by Gasteiger charge is 2.35. The third kappa shape index (κ3) is 4.18. The van der Waals surface area contributed by atoms with Gasteiger partial charge in [-0.2, -0.15) is 0 Å². The van der Waals surface area contributed by atoms with Gasteiger partial charge in [0.15, 0.2) is 6.79 Å². The molecule has 0 heterocycles. The molecule has 0 aromatic heterocycles. The minimum Gasteiger partial charge on any atom is -0.440 e. The van der Waals surface area contributed by atoms with Gasteiger partial charge in [-0.05, 0) is 5.70 Å². The maximum Gasteiger partial charge on any atom is 0.530 e. The summed E-state index contributed by atoms with van der Waals surface area (Å²) in [7, 11) is 0.102. The molecule has 0 amide bonds. The van der Waals surface area contributed by atoms with Crippen LogP contribution < -0.4 is 0 Å². The van der Waals surface area contributed by atoms with Crippen LogP contribution >= 0.6 is 0 Å². The SMILES string of the molecule is C=C[Si](OC)(OC)OCOC(C)=O. The molecule has 0 radical (unpaired) electrons. The Morgan fingerprint density at radius 1 is 1.46 bits per heavy atom. The second kappa shape index (κ2) is 5.87. The number of carbonyl (C=O) groups excluding carboxylic acids is 1. The Morgan fingerprint density at radius 3 is 2.31 bits per heavy atom. The lowest BCUT2D eigenvalue weighted by Gasteiger charge is -2.21. The van der Waals surface area contributed by atoms with Gasteiger partial charge in [-0.25, -0.2) is 0 Å². The third-order valence-electron chi connectivity index (χ3n) is 1.34. The van der Waals surface area contributed by atoms with E-state index in [4.69, 9.17) is 13.3 Å². The first-order chi connectivity index (χ1) is 6.10. The number of ether oxygens (including phenoxy) is 1. The largest absolute Gasteiger partial charge is 0.530 e. The lowest BCUT2D eigenvalue weighted by atomic mass is 10.8. The molecular formula is C7H14O5Si. The van der Waals surface area contributed by atoms with Crippen LogP contribution in [0, 0.1) is 0 Å². The van der Waals surface area contributed by atoms with Crippen molar-refractivity contribution in [3.63, 3.8) is 0 Å². The fraction of sp³-hybridized carbons (Fsp3) is 0.571. The van der Waals surface area contributed by atoms with Crippen molar-refractivity contribution in [1.82, 2.24) is 0 Å². The molecular weight excluding hydrogens is 192 g/mol. The van der Waals surface area contributed by atoms with Crippen molar-refractivity contribution in [1.29, 1.82) is 0 Å². The number of rotatable bonds is 6. The molecule has 0 N–H and O–H groups in total. The molecule has 0 aliphatic rings. The molecule has 0 fully saturated rings. The minimum absolute atomic E-state index is 0.185. The molecule has 0 atom stereocenters. The van der Waals surface area contributed by atoms with Gasteiger partial charge in [0.1, 0.15) is 0 Å². The molecule has 0 aromatic carbocycles. The van der Waals surface area contributed by atoms with Crippen LogP contribution in [-0.4, -0.2) is 35.8 Å². The van der Waals surface area contributed by atoms with Gasteiger partial charge in [-0.3, -0.25) is 4.79 Å². The molecule has 13 heavy (non-hydrogen) atoms. The molecule has 0 bridgehead atoms. The Kier molecular flexibility index (Phi) is 5.56. The Bertz CT molecular complexity index is 178. The normalized spacial score (nSPS) is 11.0. The number of carbonyl (C=O) groups is 1. The molecule has 0 spiro atoms. The summed E-state index contributed by atoms with van der Waals surface area (Å²) in [5.74, 6) is -0.417. The van der Waals surface area contributed by atoms with Crippen molar-refractivity contribution in [2.45, 2.75) is 6.92 Å². The quantitative estimate of drug-likeness (QED) is 0.359. The Morgan fingerprint density at radius 2 is 2.00 bits per heavy atom.